The average molecular weight is 663 g/mol. The van der Waals surface area contributed by atoms with Gasteiger partial charge in [0.15, 0.2) is 0 Å². The van der Waals surface area contributed by atoms with Gasteiger partial charge in [0.05, 0.1) is 19.4 Å². The van der Waals surface area contributed by atoms with Gasteiger partial charge in [0.25, 0.3) is 5.91 Å². The molecular formula is C37H54N6O5. The first-order valence-electron chi connectivity index (χ1n) is 16.4. The maximum absolute atomic E-state index is 13.2. The minimum Gasteiger partial charge on any atom is -0.489 e. The van der Waals surface area contributed by atoms with Crippen LogP contribution in [0.4, 0.5) is 5.69 Å². The fraction of sp³-hybridized carbons (Fsp3) is 0.432. The Labute approximate surface area is 286 Å². The number of aliphatic imine (C=N–C) groups is 1. The highest BCUT2D eigenvalue weighted by Crippen LogP contribution is 2.28. The van der Waals surface area contributed by atoms with E-state index in [1.807, 2.05) is 83.2 Å². The van der Waals surface area contributed by atoms with Gasteiger partial charge in [-0.1, -0.05) is 18.7 Å². The molecule has 2 heterocycles. The molecule has 3 N–H and O–H groups in total. The Bertz CT molecular complexity index is 1410. The summed E-state index contributed by atoms with van der Waals surface area (Å²) in [4.78, 5) is 33.3. The predicted molar refractivity (Wildman–Crippen MR) is 195 cm³/mol. The van der Waals surface area contributed by atoms with Gasteiger partial charge in [0.1, 0.15) is 18.2 Å². The molecule has 1 aromatic heterocycles. The Kier molecular flexibility index (Phi) is 18.5. The summed E-state index contributed by atoms with van der Waals surface area (Å²) in [6.07, 6.45) is 9.24. The summed E-state index contributed by atoms with van der Waals surface area (Å²) in [5.74, 6) is 1.09. The van der Waals surface area contributed by atoms with Crippen molar-refractivity contribution < 1.29 is 24.2 Å². The number of aromatic nitrogens is 1. The van der Waals surface area contributed by atoms with Gasteiger partial charge < -0.3 is 35.0 Å². The topological polar surface area (TPSA) is 121 Å². The van der Waals surface area contributed by atoms with Gasteiger partial charge in [0.2, 0.25) is 6.41 Å². The summed E-state index contributed by atoms with van der Waals surface area (Å²) >= 11 is 0. The van der Waals surface area contributed by atoms with Gasteiger partial charge in [-0.3, -0.25) is 14.2 Å². The Balaban J connectivity index is 0.00000257. The first kappa shape index (κ1) is 39.9. The summed E-state index contributed by atoms with van der Waals surface area (Å²) in [6, 6.07) is 13.4. The normalized spacial score (nSPS) is 13.9. The lowest BCUT2D eigenvalue weighted by molar-refractivity contribution is 0.0977. The second-order valence-electron chi connectivity index (χ2n) is 11.3. The number of aliphatic hydroxyl groups excluding tert-OH is 1. The van der Waals surface area contributed by atoms with Crippen LogP contribution >= 0.6 is 0 Å². The van der Waals surface area contributed by atoms with Crippen molar-refractivity contribution in [2.24, 2.45) is 4.99 Å². The number of carbonyl (C=O) groups excluding carboxylic acids is 2. The number of allylic oxidation sites excluding steroid dienone is 1. The van der Waals surface area contributed by atoms with Crippen LogP contribution in [0, 0.1) is 6.92 Å². The number of amidine groups is 1. The first-order valence-corrected chi connectivity index (χ1v) is 16.4. The number of β-amino-alcohol motifs (C(OH)–C–C–N with tert-alkyl or cyclic N) is 1. The van der Waals surface area contributed by atoms with Gasteiger partial charge in [-0.05, 0) is 108 Å². The molecule has 0 saturated carbocycles. The third-order valence-corrected chi connectivity index (χ3v) is 7.74. The number of anilines is 1. The molecule has 1 saturated heterocycles. The van der Waals surface area contributed by atoms with Crippen molar-refractivity contribution >= 4 is 23.8 Å². The van der Waals surface area contributed by atoms with Crippen LogP contribution in [0.25, 0.3) is 0 Å². The lowest BCUT2D eigenvalue weighted by Gasteiger charge is -2.31. The molecule has 0 atom stereocenters. The van der Waals surface area contributed by atoms with Crippen LogP contribution in [-0.4, -0.2) is 99.9 Å². The molecule has 0 aliphatic carbocycles. The number of rotatable bonds is 14. The SMILES string of the molecule is C=CN=C(/C=C(\C)N(C)c1cccn(C=O)cc(OCCOCC)c(C)c1)NC(=O)c1ccc(C2CCN(CCO)CC2)cc1.CNC. The molecule has 1 fully saturated rings. The van der Waals surface area contributed by atoms with Gasteiger partial charge in [0, 0.05) is 55.6 Å². The van der Waals surface area contributed by atoms with E-state index in [1.54, 1.807) is 24.5 Å². The van der Waals surface area contributed by atoms with Crippen LogP contribution < -0.4 is 20.3 Å². The van der Waals surface area contributed by atoms with E-state index in [0.29, 0.717) is 49.3 Å². The smallest absolute Gasteiger partial charge is 0.256 e. The average Bonchev–Trinajstić information content (AvgIpc) is 3.16. The molecule has 1 aliphatic rings. The number of nitrogens with zero attached hydrogens (tertiary/aromatic N) is 4. The van der Waals surface area contributed by atoms with E-state index >= 15 is 0 Å². The van der Waals surface area contributed by atoms with E-state index in [4.69, 9.17) is 9.47 Å². The number of hydrogen-bond donors (Lipinski definition) is 3. The lowest BCUT2D eigenvalue weighted by Crippen LogP contribution is -2.35. The van der Waals surface area contributed by atoms with Crippen LogP contribution in [0.15, 0.2) is 84.4 Å². The summed E-state index contributed by atoms with van der Waals surface area (Å²) < 4.78 is 12.7. The Morgan fingerprint density at radius 2 is 1.85 bits per heavy atom. The molecule has 0 unspecified atom stereocenters. The molecule has 262 valence electrons. The number of piperidine rings is 1. The largest absolute Gasteiger partial charge is 0.489 e. The zero-order valence-electron chi connectivity index (χ0n) is 29.4. The predicted octanol–water partition coefficient (Wildman–Crippen LogP) is 4.69. The fourth-order valence-electron chi connectivity index (χ4n) is 5.07. The molecule has 2 aromatic rings. The number of aliphatic hydroxyl groups is 1. The minimum absolute atomic E-state index is 0.188. The number of aryl methyl sites for hydroxylation is 1. The van der Waals surface area contributed by atoms with Crippen molar-refractivity contribution in [3.05, 3.63) is 96.1 Å². The molecule has 11 heteroatoms. The van der Waals surface area contributed by atoms with Crippen molar-refractivity contribution in [3.8, 4) is 5.75 Å². The zero-order chi connectivity index (χ0) is 35.3. The van der Waals surface area contributed by atoms with E-state index in [2.05, 4.69) is 27.1 Å². The van der Waals surface area contributed by atoms with Crippen molar-refractivity contribution in [1.82, 2.24) is 20.1 Å². The molecule has 1 amide bonds. The number of benzene rings is 1. The van der Waals surface area contributed by atoms with Crippen LogP contribution in [0.5, 0.6) is 5.75 Å². The monoisotopic (exact) mass is 662 g/mol. The molecule has 1 aromatic carbocycles. The summed E-state index contributed by atoms with van der Waals surface area (Å²) in [5.41, 5.74) is 4.21. The third-order valence-electron chi connectivity index (χ3n) is 7.74. The van der Waals surface area contributed by atoms with E-state index in [9.17, 15) is 14.7 Å². The highest BCUT2D eigenvalue weighted by atomic mass is 16.5. The van der Waals surface area contributed by atoms with Crippen molar-refractivity contribution in [1.29, 1.82) is 0 Å². The van der Waals surface area contributed by atoms with Crippen LogP contribution in [0.2, 0.25) is 0 Å². The van der Waals surface area contributed by atoms with E-state index in [-0.39, 0.29) is 12.5 Å². The van der Waals surface area contributed by atoms with Gasteiger partial charge in [-0.25, -0.2) is 4.99 Å². The minimum atomic E-state index is -0.264. The second kappa shape index (κ2) is 22.3. The fourth-order valence-corrected chi connectivity index (χ4v) is 5.07. The van der Waals surface area contributed by atoms with Gasteiger partial charge in [-0.15, -0.1) is 0 Å². The third kappa shape index (κ3) is 13.4. The number of ether oxygens (including phenoxy) is 2. The number of carbonyl (C=O) groups is 2. The Morgan fingerprint density at radius 1 is 1.17 bits per heavy atom. The molecule has 0 radical (unpaired) electrons. The summed E-state index contributed by atoms with van der Waals surface area (Å²) in [5, 5.41) is 14.8. The van der Waals surface area contributed by atoms with Gasteiger partial charge >= 0.3 is 0 Å². The van der Waals surface area contributed by atoms with Crippen LogP contribution in [0.1, 0.15) is 54.1 Å². The molecule has 3 rings (SSSR count). The zero-order valence-corrected chi connectivity index (χ0v) is 29.4. The standard InChI is InChI=1S/C35H47N5O5.C2H7N/c1-6-36-34(37-35(43)31-12-10-29(11-13-31)30-14-17-39(18-15-30)19-20-41)24-28(4)38(5)32-9-8-16-40(26-42)25-33(27(3)23-32)45-22-21-44-7-2;1-3-2/h6,8-13,16,23-26,30,41H,1,7,14-15,17-22H2,2-5H3,(H,36,37,43);3H,1-2H3/b16-8?,27-23?,28-24+,32-9?,33-25?;. The number of likely N-dealkylation sites (tertiary alicyclic amines) is 1. The van der Waals surface area contributed by atoms with Crippen LogP contribution in [0.3, 0.4) is 0 Å². The first-order chi connectivity index (χ1) is 23.2. The molecule has 0 spiro atoms. The van der Waals surface area contributed by atoms with Crippen LogP contribution in [-0.2, 0) is 9.53 Å². The van der Waals surface area contributed by atoms with Crippen molar-refractivity contribution in [2.45, 2.75) is 39.5 Å². The van der Waals surface area contributed by atoms with Gasteiger partial charge in [-0.2, -0.15) is 0 Å². The molecule has 1 aliphatic heterocycles. The van der Waals surface area contributed by atoms with E-state index < -0.39 is 0 Å². The Hall–Kier alpha value is -4.29. The maximum atomic E-state index is 13.2. The quantitative estimate of drug-likeness (QED) is 0.115. The second-order valence-corrected chi connectivity index (χ2v) is 11.3. The molecule has 48 heavy (non-hydrogen) atoms. The maximum Gasteiger partial charge on any atom is 0.256 e. The van der Waals surface area contributed by atoms with Crippen molar-refractivity contribution in [3.63, 3.8) is 0 Å². The Morgan fingerprint density at radius 3 is 2.46 bits per heavy atom. The summed E-state index contributed by atoms with van der Waals surface area (Å²) in [7, 11) is 5.66. The molecule has 11 nitrogen and oxygen atoms in total. The van der Waals surface area contributed by atoms with E-state index in [1.165, 1.54) is 16.3 Å². The molecular weight excluding hydrogens is 608 g/mol. The van der Waals surface area contributed by atoms with E-state index in [0.717, 1.165) is 49.4 Å². The lowest BCUT2D eigenvalue weighted by atomic mass is 9.89. The summed E-state index contributed by atoms with van der Waals surface area (Å²) in [6.45, 7) is 13.7. The highest BCUT2D eigenvalue weighted by Gasteiger charge is 2.20. The van der Waals surface area contributed by atoms with Crippen molar-refractivity contribution in [2.75, 3.05) is 72.1 Å². The number of hydrogen-bond acceptors (Lipinski definition) is 9. The number of nitrogens with one attached hydrogen (secondary N) is 2. The molecule has 0 bridgehead atoms. The number of amides is 1. The highest BCUT2D eigenvalue weighted by molar-refractivity contribution is 6.10.